The van der Waals surface area contributed by atoms with E-state index in [0.29, 0.717) is 16.0 Å². The van der Waals surface area contributed by atoms with E-state index in [0.717, 1.165) is 0 Å². The highest BCUT2D eigenvalue weighted by molar-refractivity contribution is 6.67. The van der Waals surface area contributed by atoms with Crippen LogP contribution in [0.1, 0.15) is 11.1 Å². The molecule has 1 heterocycles. The molecule has 3 rings (SSSR count). The highest BCUT2D eigenvalue weighted by Crippen LogP contribution is 2.27. The quantitative estimate of drug-likeness (QED) is 0.162. The van der Waals surface area contributed by atoms with Crippen LogP contribution < -0.4 is 5.32 Å². The second-order valence-corrected chi connectivity index (χ2v) is 10.7. The first-order valence-corrected chi connectivity index (χ1v) is 12.8. The molecule has 0 spiro atoms. The van der Waals surface area contributed by atoms with Gasteiger partial charge >= 0.3 is 24.2 Å². The van der Waals surface area contributed by atoms with Crippen molar-refractivity contribution in [1.82, 2.24) is 10.2 Å². The maximum absolute atomic E-state index is 12.8. The van der Waals surface area contributed by atoms with E-state index in [2.05, 4.69) is 14.8 Å². The minimum absolute atomic E-state index is 0.139. The van der Waals surface area contributed by atoms with E-state index >= 15 is 0 Å². The van der Waals surface area contributed by atoms with Crippen LogP contribution >= 0.6 is 34.8 Å². The predicted octanol–water partition coefficient (Wildman–Crippen LogP) is 2.58. The lowest BCUT2D eigenvalue weighted by Crippen LogP contribution is -2.75. The molecule has 0 radical (unpaired) electrons. The average Bonchev–Trinajstić information content (AvgIpc) is 2.95. The standard InChI is InChI=1S/C25H23Cl3N2O11/c26-25(27,28)14-40-24(36)39-13-17(31)41-21-18(29-23(35)38-12-16-9-5-2-6-10-16)19(32)30(21)20(33)22(34)37-11-15-7-3-1-4-8-15/h1-10,18,20-21,33H,11-14H2,(H,29,35)/t18-,20?,21-/m1/s1. The molecular weight excluding hydrogens is 611 g/mol. The first-order chi connectivity index (χ1) is 19.4. The van der Waals surface area contributed by atoms with Crippen molar-refractivity contribution in [3.63, 3.8) is 0 Å². The molecule has 2 amide bonds. The number of β-lactam (4-membered cyclic amide) rings is 1. The molecule has 2 aromatic rings. The van der Waals surface area contributed by atoms with E-state index in [1.165, 1.54) is 0 Å². The number of rotatable bonds is 11. The monoisotopic (exact) mass is 632 g/mol. The summed E-state index contributed by atoms with van der Waals surface area (Å²) in [6.45, 7) is -2.07. The SMILES string of the molecule is O=C(COC(=O)OCC(Cl)(Cl)Cl)O[C@@H]1[C@H](NC(=O)OCc2ccccc2)C(=O)N1C(O)C(=O)OCc1ccccc1. The molecule has 1 aliphatic rings. The van der Waals surface area contributed by atoms with Crippen molar-refractivity contribution in [1.29, 1.82) is 0 Å². The number of hydrogen-bond donors (Lipinski definition) is 2. The number of nitrogens with one attached hydrogen (secondary N) is 1. The summed E-state index contributed by atoms with van der Waals surface area (Å²) in [6.07, 6.45) is -6.35. The van der Waals surface area contributed by atoms with Crippen molar-refractivity contribution < 1.29 is 52.8 Å². The zero-order chi connectivity index (χ0) is 30.0. The lowest BCUT2D eigenvalue weighted by molar-refractivity contribution is -0.220. The molecule has 1 saturated heterocycles. The van der Waals surface area contributed by atoms with Crippen molar-refractivity contribution in [2.75, 3.05) is 13.2 Å². The van der Waals surface area contributed by atoms with Gasteiger partial charge in [-0.3, -0.25) is 9.69 Å². The molecule has 13 nitrogen and oxygen atoms in total. The molecule has 1 unspecified atom stereocenters. The second kappa shape index (κ2) is 14.7. The number of carbonyl (C=O) groups excluding carboxylic acids is 5. The van der Waals surface area contributed by atoms with Gasteiger partial charge in [0.05, 0.1) is 0 Å². The molecule has 0 bridgehead atoms. The Morgan fingerprint density at radius 2 is 1.44 bits per heavy atom. The molecule has 1 fully saturated rings. The number of ether oxygens (including phenoxy) is 5. The molecule has 2 aromatic carbocycles. The number of nitrogens with zero attached hydrogens (tertiary/aromatic N) is 1. The van der Waals surface area contributed by atoms with E-state index in [1.807, 2.05) is 0 Å². The summed E-state index contributed by atoms with van der Waals surface area (Å²) < 4.78 is 22.3. The van der Waals surface area contributed by atoms with Gasteiger partial charge in [0.1, 0.15) is 19.8 Å². The van der Waals surface area contributed by atoms with E-state index < -0.39 is 65.6 Å². The second-order valence-electron chi connectivity index (χ2n) is 8.22. The van der Waals surface area contributed by atoms with E-state index in [-0.39, 0.29) is 13.2 Å². The maximum atomic E-state index is 12.8. The van der Waals surface area contributed by atoms with Gasteiger partial charge in [0.15, 0.2) is 12.6 Å². The fourth-order valence-electron chi connectivity index (χ4n) is 3.28. The van der Waals surface area contributed by atoms with E-state index in [1.54, 1.807) is 60.7 Å². The highest BCUT2D eigenvalue weighted by atomic mass is 35.6. The Morgan fingerprint density at radius 1 is 0.878 bits per heavy atom. The normalized spacial score (nSPS) is 17.0. The van der Waals surface area contributed by atoms with Gasteiger partial charge in [-0.25, -0.2) is 19.2 Å². The number of halogens is 3. The van der Waals surface area contributed by atoms with Gasteiger partial charge in [0, 0.05) is 0 Å². The fourth-order valence-corrected chi connectivity index (χ4v) is 3.45. The molecule has 2 N–H and O–H groups in total. The van der Waals surface area contributed by atoms with E-state index in [4.69, 9.17) is 49.0 Å². The van der Waals surface area contributed by atoms with Crippen molar-refractivity contribution in [2.45, 2.75) is 35.5 Å². The van der Waals surface area contributed by atoms with Crippen molar-refractivity contribution in [3.05, 3.63) is 71.8 Å². The Hall–Kier alpha value is -3.78. The minimum Gasteiger partial charge on any atom is -0.457 e. The molecule has 3 atom stereocenters. The lowest BCUT2D eigenvalue weighted by atomic mass is 10.0. The Kier molecular flexibility index (Phi) is 11.4. The minimum atomic E-state index is -2.21. The first kappa shape index (κ1) is 31.7. The number of likely N-dealkylation sites (tertiary alicyclic amines) is 1. The summed E-state index contributed by atoms with van der Waals surface area (Å²) >= 11 is 16.4. The van der Waals surface area contributed by atoms with Crippen LogP contribution in [0.4, 0.5) is 9.59 Å². The molecular formula is C25H23Cl3N2O11. The number of aliphatic hydroxyl groups excluding tert-OH is 1. The summed E-state index contributed by atoms with van der Waals surface area (Å²) in [7, 11) is 0. The average molecular weight is 634 g/mol. The molecule has 0 saturated carbocycles. The third kappa shape index (κ3) is 9.97. The number of benzene rings is 2. The number of esters is 2. The molecule has 0 aromatic heterocycles. The number of amides is 2. The Morgan fingerprint density at radius 3 is 2.00 bits per heavy atom. The zero-order valence-corrected chi connectivity index (χ0v) is 23.2. The lowest BCUT2D eigenvalue weighted by Gasteiger charge is -2.46. The summed E-state index contributed by atoms with van der Waals surface area (Å²) in [6, 6.07) is 15.6. The molecule has 1 aliphatic heterocycles. The predicted molar refractivity (Wildman–Crippen MR) is 140 cm³/mol. The van der Waals surface area contributed by atoms with Crippen molar-refractivity contribution in [3.8, 4) is 0 Å². The topological polar surface area (TPSA) is 167 Å². The summed E-state index contributed by atoms with van der Waals surface area (Å²) in [5.74, 6) is -3.47. The highest BCUT2D eigenvalue weighted by Gasteiger charge is 2.56. The fraction of sp³-hybridized carbons (Fsp3) is 0.320. The summed E-state index contributed by atoms with van der Waals surface area (Å²) in [5.41, 5.74) is 1.26. The van der Waals surface area contributed by atoms with Gasteiger partial charge in [-0.2, -0.15) is 0 Å². The van der Waals surface area contributed by atoms with Gasteiger partial charge in [-0.05, 0) is 11.1 Å². The number of hydrogen-bond acceptors (Lipinski definition) is 11. The van der Waals surface area contributed by atoms with Gasteiger partial charge in [0.2, 0.25) is 16.2 Å². The van der Waals surface area contributed by atoms with Gasteiger partial charge in [-0.1, -0.05) is 95.5 Å². The number of alkyl carbamates (subject to hydrolysis) is 1. The van der Waals surface area contributed by atoms with Crippen LogP contribution in [-0.4, -0.2) is 75.6 Å². The Labute approximate surface area is 248 Å². The van der Waals surface area contributed by atoms with Gasteiger partial charge in [0.25, 0.3) is 5.91 Å². The molecule has 16 heteroatoms. The van der Waals surface area contributed by atoms with Crippen molar-refractivity contribution in [2.24, 2.45) is 0 Å². The van der Waals surface area contributed by atoms with Crippen LogP contribution in [0.2, 0.25) is 0 Å². The smallest absolute Gasteiger partial charge is 0.457 e. The third-order valence-corrected chi connectivity index (χ3v) is 5.51. The van der Waals surface area contributed by atoms with Gasteiger partial charge in [-0.15, -0.1) is 0 Å². The summed E-state index contributed by atoms with van der Waals surface area (Å²) in [5, 5.41) is 12.7. The van der Waals surface area contributed by atoms with Crippen LogP contribution in [0.5, 0.6) is 0 Å². The molecule has 41 heavy (non-hydrogen) atoms. The van der Waals surface area contributed by atoms with Crippen LogP contribution in [0.15, 0.2) is 60.7 Å². The van der Waals surface area contributed by atoms with Crippen LogP contribution in [0, 0.1) is 0 Å². The Bertz CT molecular complexity index is 1230. The molecule has 220 valence electrons. The largest absolute Gasteiger partial charge is 0.508 e. The van der Waals surface area contributed by atoms with Crippen molar-refractivity contribution >= 4 is 64.9 Å². The van der Waals surface area contributed by atoms with Crippen LogP contribution in [0.3, 0.4) is 0 Å². The number of aliphatic hydroxyl groups is 1. The zero-order valence-electron chi connectivity index (χ0n) is 20.9. The van der Waals surface area contributed by atoms with Gasteiger partial charge < -0.3 is 34.1 Å². The maximum Gasteiger partial charge on any atom is 0.508 e. The van der Waals surface area contributed by atoms with Crippen LogP contribution in [0.25, 0.3) is 0 Å². The first-order valence-electron chi connectivity index (χ1n) is 11.7. The van der Waals surface area contributed by atoms with Crippen LogP contribution in [-0.2, 0) is 51.3 Å². The molecule has 0 aliphatic carbocycles. The van der Waals surface area contributed by atoms with E-state index in [9.17, 15) is 29.1 Å². The summed E-state index contributed by atoms with van der Waals surface area (Å²) in [4.78, 5) is 61.9. The number of carbonyl (C=O) groups is 5. The third-order valence-electron chi connectivity index (χ3n) is 5.18. The number of alkyl halides is 3. The Balaban J connectivity index is 1.61.